The molecule has 5 heterocycles. The minimum atomic E-state index is 0.575. The lowest BCUT2D eigenvalue weighted by atomic mass is 10.00. The minimum absolute atomic E-state index is 0.575. The second-order valence-electron chi connectivity index (χ2n) is 14.5. The zero-order valence-corrected chi connectivity index (χ0v) is 29.7. The molecule has 0 fully saturated rings. The van der Waals surface area contributed by atoms with Crippen molar-refractivity contribution in [3.63, 3.8) is 0 Å². The molecule has 5 aromatic heterocycles. The van der Waals surface area contributed by atoms with Crippen LogP contribution in [0.15, 0.2) is 177 Å². The fourth-order valence-corrected chi connectivity index (χ4v) is 8.90. The van der Waals surface area contributed by atoms with E-state index in [4.69, 9.17) is 23.2 Å². The van der Waals surface area contributed by atoms with Gasteiger partial charge in [0.1, 0.15) is 33.5 Å². The second kappa shape index (κ2) is 10.9. The molecule has 0 N–H and O–H groups in total. The van der Waals surface area contributed by atoms with Gasteiger partial charge in [-0.2, -0.15) is 0 Å². The van der Waals surface area contributed by atoms with Crippen molar-refractivity contribution < 1.29 is 13.3 Å². The number of benzene rings is 8. The van der Waals surface area contributed by atoms with Gasteiger partial charge in [-0.1, -0.05) is 103 Å². The summed E-state index contributed by atoms with van der Waals surface area (Å²) in [5.41, 5.74) is 11.8. The molecule has 0 saturated carbocycles. The van der Waals surface area contributed by atoms with Gasteiger partial charge >= 0.3 is 0 Å². The lowest BCUT2D eigenvalue weighted by Gasteiger charge is -2.12. The Kier molecular flexibility index (Phi) is 5.80. The summed E-state index contributed by atoms with van der Waals surface area (Å²) in [5, 5.41) is 9.54. The van der Waals surface area contributed by atoms with Gasteiger partial charge in [-0.15, -0.1) is 0 Å². The quantitative estimate of drug-likeness (QED) is 0.182. The summed E-state index contributed by atoms with van der Waals surface area (Å²) in [5.74, 6) is 0.575. The minimum Gasteiger partial charge on any atom is -0.456 e. The number of aromatic nitrogens is 3. The number of fused-ring (bicyclic) bond motifs is 14. The van der Waals surface area contributed by atoms with Gasteiger partial charge in [0, 0.05) is 54.2 Å². The molecule has 56 heavy (non-hydrogen) atoms. The van der Waals surface area contributed by atoms with Crippen molar-refractivity contribution in [2.75, 3.05) is 0 Å². The van der Waals surface area contributed by atoms with E-state index in [0.29, 0.717) is 5.95 Å². The summed E-state index contributed by atoms with van der Waals surface area (Å²) in [6.45, 7) is 0. The van der Waals surface area contributed by atoms with E-state index in [-0.39, 0.29) is 0 Å². The van der Waals surface area contributed by atoms with Crippen LogP contribution in [0.5, 0.6) is 0 Å². The molecule has 0 bridgehead atoms. The van der Waals surface area contributed by atoms with E-state index in [1.54, 1.807) is 0 Å². The number of nitrogens with zero attached hydrogens (tertiary/aromatic N) is 3. The summed E-state index contributed by atoms with van der Waals surface area (Å²) in [6.07, 6.45) is 0. The largest absolute Gasteiger partial charge is 0.456 e. The fourth-order valence-electron chi connectivity index (χ4n) is 8.90. The second-order valence-corrected chi connectivity index (χ2v) is 14.5. The zero-order valence-electron chi connectivity index (χ0n) is 29.7. The predicted octanol–water partition coefficient (Wildman–Crippen LogP) is 13.8. The van der Waals surface area contributed by atoms with Crippen molar-refractivity contribution >= 4 is 98.5 Å². The Morgan fingerprint density at radius 3 is 1.77 bits per heavy atom. The van der Waals surface area contributed by atoms with E-state index in [0.717, 1.165) is 121 Å². The highest BCUT2D eigenvalue weighted by Crippen LogP contribution is 2.44. The maximum Gasteiger partial charge on any atom is 0.235 e. The third-order valence-corrected chi connectivity index (χ3v) is 11.4. The van der Waals surface area contributed by atoms with Gasteiger partial charge in [0.2, 0.25) is 5.95 Å². The highest BCUT2D eigenvalue weighted by molar-refractivity contribution is 6.24. The van der Waals surface area contributed by atoms with Gasteiger partial charge in [-0.25, -0.2) is 9.97 Å². The van der Waals surface area contributed by atoms with E-state index in [1.807, 2.05) is 54.6 Å². The van der Waals surface area contributed by atoms with Crippen LogP contribution in [0.4, 0.5) is 0 Å². The first-order chi connectivity index (χ1) is 27.7. The molecule has 13 aromatic rings. The smallest absolute Gasteiger partial charge is 0.235 e. The van der Waals surface area contributed by atoms with Gasteiger partial charge in [-0.3, -0.25) is 4.57 Å². The number of hydrogen-bond acceptors (Lipinski definition) is 5. The van der Waals surface area contributed by atoms with Crippen molar-refractivity contribution in [1.29, 1.82) is 0 Å². The Bertz CT molecular complexity index is 3790. The van der Waals surface area contributed by atoms with Crippen LogP contribution >= 0.6 is 0 Å². The van der Waals surface area contributed by atoms with Crippen molar-refractivity contribution in [2.24, 2.45) is 0 Å². The van der Waals surface area contributed by atoms with Gasteiger partial charge < -0.3 is 13.3 Å². The van der Waals surface area contributed by atoms with E-state index in [9.17, 15) is 0 Å². The molecular weight excluding hydrogens is 691 g/mol. The summed E-state index contributed by atoms with van der Waals surface area (Å²) >= 11 is 0. The summed E-state index contributed by atoms with van der Waals surface area (Å²) in [4.78, 5) is 10.7. The maximum absolute atomic E-state index is 6.72. The SMILES string of the molecule is c1ccc2c(-c3ccc4c(c3)oc3ccccc34)nc(-n3c4ccc(-c5cccc6c5oc5ccccc56)cc4c4c5oc6ccccc6c5ccc43)nc2c1. The average Bonchev–Trinajstić information content (AvgIpc) is 4.01. The third-order valence-electron chi connectivity index (χ3n) is 11.4. The molecule has 0 saturated heterocycles. The molecule has 6 nitrogen and oxygen atoms in total. The number of furan rings is 3. The van der Waals surface area contributed by atoms with Crippen LogP contribution in [0, 0.1) is 0 Å². The van der Waals surface area contributed by atoms with Gasteiger partial charge in [0.05, 0.1) is 27.6 Å². The lowest BCUT2D eigenvalue weighted by molar-refractivity contribution is 0.669. The first kappa shape index (κ1) is 29.7. The lowest BCUT2D eigenvalue weighted by Crippen LogP contribution is -2.03. The first-order valence-corrected chi connectivity index (χ1v) is 18.7. The highest BCUT2D eigenvalue weighted by Gasteiger charge is 2.23. The van der Waals surface area contributed by atoms with Crippen LogP contribution in [-0.2, 0) is 0 Å². The molecule has 13 rings (SSSR count). The molecule has 0 unspecified atom stereocenters. The van der Waals surface area contributed by atoms with Crippen LogP contribution in [0.3, 0.4) is 0 Å². The predicted molar refractivity (Wildman–Crippen MR) is 227 cm³/mol. The molecule has 0 aliphatic heterocycles. The molecule has 0 radical (unpaired) electrons. The van der Waals surface area contributed by atoms with Crippen molar-refractivity contribution in [2.45, 2.75) is 0 Å². The van der Waals surface area contributed by atoms with Crippen LogP contribution in [-0.4, -0.2) is 14.5 Å². The molecule has 260 valence electrons. The van der Waals surface area contributed by atoms with Gasteiger partial charge in [0.25, 0.3) is 0 Å². The van der Waals surface area contributed by atoms with Crippen LogP contribution < -0.4 is 0 Å². The Hall–Kier alpha value is -7.70. The van der Waals surface area contributed by atoms with Gasteiger partial charge in [-0.05, 0) is 66.2 Å². The Balaban J connectivity index is 1.11. The zero-order chi connectivity index (χ0) is 36.5. The third kappa shape index (κ3) is 4.04. The maximum atomic E-state index is 6.72. The standard InChI is InChI=1S/C50H27N3O3/c1-5-16-39-37(13-1)47(29-20-22-34-31-10-2-6-17-42(31)54-45(34)27-29)52-50(51-39)53-40-24-21-28(30-14-9-15-35-32-11-3-7-18-43(32)55-48(30)35)26-38(40)46-41(53)25-23-36-33-12-4-8-19-44(33)56-49(36)46/h1-27H. The normalized spacial score (nSPS) is 12.3. The summed E-state index contributed by atoms with van der Waals surface area (Å²) < 4.78 is 21.8. The molecule has 0 spiro atoms. The summed E-state index contributed by atoms with van der Waals surface area (Å²) in [6, 6.07) is 56.5. The van der Waals surface area contributed by atoms with Crippen LogP contribution in [0.25, 0.3) is 127 Å². The van der Waals surface area contributed by atoms with Crippen LogP contribution in [0.2, 0.25) is 0 Å². The molecule has 0 aliphatic rings. The molecule has 0 atom stereocenters. The van der Waals surface area contributed by atoms with Gasteiger partial charge in [0.15, 0.2) is 0 Å². The average molecular weight is 718 g/mol. The van der Waals surface area contributed by atoms with Crippen molar-refractivity contribution in [1.82, 2.24) is 14.5 Å². The van der Waals surface area contributed by atoms with E-state index in [2.05, 4.69) is 114 Å². The fraction of sp³-hybridized carbons (Fsp3) is 0. The number of hydrogen-bond donors (Lipinski definition) is 0. The summed E-state index contributed by atoms with van der Waals surface area (Å²) in [7, 11) is 0. The monoisotopic (exact) mass is 717 g/mol. The molecule has 0 aliphatic carbocycles. The topological polar surface area (TPSA) is 70.1 Å². The molecule has 6 heteroatoms. The Morgan fingerprint density at radius 1 is 0.375 bits per heavy atom. The Morgan fingerprint density at radius 2 is 0.964 bits per heavy atom. The van der Waals surface area contributed by atoms with Crippen molar-refractivity contribution in [3.8, 4) is 28.3 Å². The van der Waals surface area contributed by atoms with Crippen LogP contribution in [0.1, 0.15) is 0 Å². The molecular formula is C50H27N3O3. The van der Waals surface area contributed by atoms with E-state index >= 15 is 0 Å². The van der Waals surface area contributed by atoms with Crippen molar-refractivity contribution in [3.05, 3.63) is 164 Å². The van der Waals surface area contributed by atoms with E-state index in [1.165, 1.54) is 0 Å². The highest BCUT2D eigenvalue weighted by atomic mass is 16.3. The number of rotatable bonds is 3. The number of para-hydroxylation sites is 5. The first-order valence-electron chi connectivity index (χ1n) is 18.7. The van der Waals surface area contributed by atoms with E-state index < -0.39 is 0 Å². The molecule has 0 amide bonds. The Labute approximate surface area is 317 Å². The molecule has 8 aromatic carbocycles.